The van der Waals surface area contributed by atoms with Gasteiger partial charge in [-0.3, -0.25) is 0 Å². The van der Waals surface area contributed by atoms with Crippen molar-refractivity contribution in [2.24, 2.45) is 0 Å². The van der Waals surface area contributed by atoms with Crippen LogP contribution in [-0.2, 0) is 26.2 Å². The predicted octanol–water partition coefficient (Wildman–Crippen LogP) is 3.32. The third kappa shape index (κ3) is 9.22. The third-order valence-corrected chi connectivity index (χ3v) is 6.61. The lowest BCUT2D eigenvalue weighted by molar-refractivity contribution is -0.680. The monoisotopic (exact) mass is 480 g/mol. The summed E-state index contributed by atoms with van der Waals surface area (Å²) in [5, 5.41) is 0. The van der Waals surface area contributed by atoms with Crippen LogP contribution in [0.1, 0.15) is 5.56 Å². The molecule has 0 bridgehead atoms. The quantitative estimate of drug-likeness (QED) is 0.286. The normalized spacial score (nSPS) is 13.7. The van der Waals surface area contributed by atoms with Gasteiger partial charge >= 0.3 is 11.0 Å². The molecule has 0 radical (unpaired) electrons. The molecule has 0 aromatic carbocycles. The number of pyridine rings is 1. The smallest absolute Gasteiger partial charge is 0.421 e. The van der Waals surface area contributed by atoms with Crippen molar-refractivity contribution in [2.75, 3.05) is 0 Å². The summed E-state index contributed by atoms with van der Waals surface area (Å²) in [5.74, 6) is 0. The van der Waals surface area contributed by atoms with Gasteiger partial charge in [0.15, 0.2) is 32.4 Å². The van der Waals surface area contributed by atoms with Crippen molar-refractivity contribution in [3.05, 3.63) is 34.2 Å². The number of hydrogen-bond donors (Lipinski definition) is 0. The van der Waals surface area contributed by atoms with E-state index in [1.54, 1.807) is 0 Å². The lowest BCUT2D eigenvalue weighted by atomic mass is 10.3. The highest BCUT2D eigenvalue weighted by Gasteiger charge is 2.46. The van der Waals surface area contributed by atoms with Gasteiger partial charge in [-0.25, -0.2) is 21.4 Å². The maximum Gasteiger partial charge on any atom is 0.480 e. The van der Waals surface area contributed by atoms with Crippen LogP contribution in [0.5, 0.6) is 0 Å². The molecular formula is C11H15ClF6N2O4S2Si. The highest BCUT2D eigenvalue weighted by atomic mass is 35.6. The maximum absolute atomic E-state index is 11.4. The van der Waals surface area contributed by atoms with E-state index in [0.29, 0.717) is 0 Å². The molecule has 0 spiro atoms. The Labute approximate surface area is 158 Å². The van der Waals surface area contributed by atoms with Crippen molar-refractivity contribution in [2.45, 2.75) is 37.2 Å². The zero-order chi connectivity index (χ0) is 21.9. The van der Waals surface area contributed by atoms with Crippen LogP contribution in [0.25, 0.3) is 4.13 Å². The van der Waals surface area contributed by atoms with Crippen LogP contribution in [0, 0.1) is 6.92 Å². The van der Waals surface area contributed by atoms with E-state index in [9.17, 15) is 43.2 Å². The number of rotatable bonds is 4. The van der Waals surface area contributed by atoms with E-state index in [2.05, 4.69) is 49.1 Å². The Morgan fingerprint density at radius 2 is 1.30 bits per heavy atom. The Hall–Kier alpha value is -0.903. The fourth-order valence-electron chi connectivity index (χ4n) is 1.29. The summed E-state index contributed by atoms with van der Waals surface area (Å²) in [6.07, 6.45) is 5.16. The van der Waals surface area contributed by atoms with Crippen molar-refractivity contribution in [1.82, 2.24) is 0 Å². The molecule has 1 aromatic rings. The molecule has 0 aliphatic carbocycles. The number of aromatic nitrogens is 1. The van der Waals surface area contributed by atoms with E-state index < -0.39 is 38.4 Å². The Balaban J connectivity index is 0.000000511. The Kier molecular flexibility index (Phi) is 8.34. The van der Waals surface area contributed by atoms with Gasteiger partial charge < -0.3 is 4.13 Å². The lowest BCUT2D eigenvalue weighted by Crippen LogP contribution is -2.44. The number of alkyl halides is 6. The average molecular weight is 481 g/mol. The molecule has 0 fully saturated rings. The van der Waals surface area contributed by atoms with Crippen LogP contribution in [0.2, 0.25) is 13.1 Å². The van der Waals surface area contributed by atoms with Gasteiger partial charge in [0.2, 0.25) is 7.38 Å². The minimum absolute atomic E-state index is 0.778. The molecule has 0 atom stereocenters. The van der Waals surface area contributed by atoms with Crippen molar-refractivity contribution < 1.29 is 47.7 Å². The van der Waals surface area contributed by atoms with Gasteiger partial charge in [-0.1, -0.05) is 13.1 Å². The number of hydrogen-bond acceptors (Lipinski definition) is 4. The average Bonchev–Trinajstić information content (AvgIpc) is 2.37. The molecule has 6 nitrogen and oxygen atoms in total. The number of aryl methyl sites for hydroxylation is 1. The van der Waals surface area contributed by atoms with Gasteiger partial charge in [0, 0.05) is 12.1 Å². The first kappa shape index (κ1) is 26.1. The third-order valence-electron chi connectivity index (χ3n) is 2.40. The van der Waals surface area contributed by atoms with E-state index in [1.807, 2.05) is 0 Å². The molecule has 1 rings (SSSR count). The van der Waals surface area contributed by atoms with Gasteiger partial charge in [-0.15, -0.1) is 0 Å². The molecule has 0 saturated carbocycles. The summed E-state index contributed by atoms with van der Waals surface area (Å²) in [5.41, 5.74) is -11.1. The van der Waals surface area contributed by atoms with Gasteiger partial charge in [0.05, 0.1) is 0 Å². The second kappa shape index (κ2) is 8.63. The Morgan fingerprint density at radius 1 is 0.963 bits per heavy atom. The number of sulfonamides is 2. The van der Waals surface area contributed by atoms with Crippen molar-refractivity contribution >= 4 is 38.5 Å². The van der Waals surface area contributed by atoms with Crippen LogP contribution in [0.4, 0.5) is 26.3 Å². The molecule has 1 aromatic heterocycles. The van der Waals surface area contributed by atoms with Gasteiger partial charge in [-0.2, -0.15) is 37.4 Å². The molecule has 0 amide bonds. The summed E-state index contributed by atoms with van der Waals surface area (Å²) < 4.78 is 111. The SMILES string of the molecule is Cc1cc[n+](C[Si](C)(C)Cl)cc1.O=S(=O)([N-]S(=O)(=O)C(F)(F)F)C(F)(F)F. The zero-order valence-corrected chi connectivity index (χ0v) is 17.4. The van der Waals surface area contributed by atoms with Crippen LogP contribution >= 0.6 is 11.1 Å². The van der Waals surface area contributed by atoms with Crippen molar-refractivity contribution in [3.8, 4) is 0 Å². The predicted molar refractivity (Wildman–Crippen MR) is 88.0 cm³/mol. The molecule has 27 heavy (non-hydrogen) atoms. The van der Waals surface area contributed by atoms with E-state index in [0.717, 1.165) is 10.3 Å². The lowest BCUT2D eigenvalue weighted by Gasteiger charge is -2.22. The molecule has 0 unspecified atom stereocenters. The molecule has 16 heteroatoms. The molecule has 0 aliphatic rings. The Bertz CT molecular complexity index is 792. The second-order valence-corrected chi connectivity index (χ2v) is 15.9. The molecule has 1 heterocycles. The van der Waals surface area contributed by atoms with Crippen molar-refractivity contribution in [3.63, 3.8) is 0 Å². The van der Waals surface area contributed by atoms with Gasteiger partial charge in [0.1, 0.15) is 6.17 Å². The largest absolute Gasteiger partial charge is 0.480 e. The number of halogens is 7. The zero-order valence-electron chi connectivity index (χ0n) is 14.0. The standard InChI is InChI=1S/C9H15ClNSi.C2F6NO4S2/c1-9-4-6-11(7-5-9)8-12(2,3)10;3-1(4,5)14(10,11)9-15(12,13)2(6,7)8/h4-7H,8H2,1-3H3;/q+1;-1. The summed E-state index contributed by atoms with van der Waals surface area (Å²) in [4.78, 5) is 0. The molecule has 158 valence electrons. The van der Waals surface area contributed by atoms with Crippen LogP contribution in [0.3, 0.4) is 0 Å². The minimum atomic E-state index is -6.72. The highest BCUT2D eigenvalue weighted by molar-refractivity contribution is 8.13. The molecule has 0 N–H and O–H groups in total. The van der Waals surface area contributed by atoms with Crippen molar-refractivity contribution in [1.29, 1.82) is 0 Å². The van der Waals surface area contributed by atoms with Gasteiger partial charge in [-0.05, 0) is 12.5 Å². The first-order chi connectivity index (χ1) is 11.7. The van der Waals surface area contributed by atoms with Crippen LogP contribution in [-0.4, -0.2) is 35.2 Å². The van der Waals surface area contributed by atoms with Gasteiger partial charge in [0.25, 0.3) is 0 Å². The first-order valence-electron chi connectivity index (χ1n) is 6.69. The Morgan fingerprint density at radius 3 is 1.56 bits per heavy atom. The fourth-order valence-corrected chi connectivity index (χ4v) is 4.49. The van der Waals surface area contributed by atoms with E-state index in [-0.39, 0.29) is 0 Å². The molecule has 0 saturated heterocycles. The van der Waals surface area contributed by atoms with Crippen LogP contribution < -0.4 is 4.57 Å². The molecular weight excluding hydrogens is 466 g/mol. The van der Waals surface area contributed by atoms with E-state index in [1.165, 1.54) is 5.56 Å². The topological polar surface area (TPSA) is 86.3 Å². The first-order valence-corrected chi connectivity index (χ1v) is 13.8. The summed E-state index contributed by atoms with van der Waals surface area (Å²) in [7, 11) is -14.9. The highest BCUT2D eigenvalue weighted by Crippen LogP contribution is 2.36. The second-order valence-electron chi connectivity index (χ2n) is 5.68. The van der Waals surface area contributed by atoms with E-state index in [4.69, 9.17) is 11.1 Å². The summed E-state index contributed by atoms with van der Waals surface area (Å²) >= 11 is 6.23. The van der Waals surface area contributed by atoms with E-state index >= 15 is 0 Å². The molecule has 0 aliphatic heterocycles. The maximum atomic E-state index is 11.4. The summed E-state index contributed by atoms with van der Waals surface area (Å²) in [6, 6.07) is 4.22. The fraction of sp³-hybridized carbons (Fsp3) is 0.545. The van der Waals surface area contributed by atoms with Crippen LogP contribution in [0.15, 0.2) is 24.5 Å². The summed E-state index contributed by atoms with van der Waals surface area (Å²) in [6.45, 7) is 6.40. The minimum Gasteiger partial charge on any atom is -0.421 e. The number of nitrogens with zero attached hydrogens (tertiary/aromatic N) is 2.